The molecule has 0 amide bonds. The molecule has 0 aliphatic rings. The monoisotopic (exact) mass is 1550 g/mol. The highest BCUT2D eigenvalue weighted by Gasteiger charge is 2.30. The van der Waals surface area contributed by atoms with Crippen LogP contribution in [0.25, 0.3) is 0 Å². The van der Waals surface area contributed by atoms with Gasteiger partial charge in [0.15, 0.2) is 12.2 Å². The van der Waals surface area contributed by atoms with Crippen LogP contribution >= 0.6 is 15.6 Å². The summed E-state index contributed by atoms with van der Waals surface area (Å²) < 4.78 is 68.9. The zero-order valence-corrected chi connectivity index (χ0v) is 71.5. The van der Waals surface area contributed by atoms with Crippen molar-refractivity contribution in [2.75, 3.05) is 39.6 Å². The van der Waals surface area contributed by atoms with Crippen molar-refractivity contribution in [3.05, 3.63) is 0 Å². The quantitative estimate of drug-likeness (QED) is 0.0222. The Hall–Kier alpha value is -1.94. The van der Waals surface area contributed by atoms with E-state index in [1.165, 1.54) is 283 Å². The van der Waals surface area contributed by atoms with Crippen molar-refractivity contribution in [3.8, 4) is 0 Å². The molecule has 0 bridgehead atoms. The molecule has 106 heavy (non-hydrogen) atoms. The molecule has 0 radical (unpaired) electrons. The summed E-state index contributed by atoms with van der Waals surface area (Å²) in [5.74, 6) is -0.476. The summed E-state index contributed by atoms with van der Waals surface area (Å²) in [4.78, 5) is 73.3. The third kappa shape index (κ3) is 78.7. The van der Waals surface area contributed by atoms with E-state index in [9.17, 15) is 43.2 Å². The van der Waals surface area contributed by atoms with E-state index in [0.29, 0.717) is 25.7 Å². The highest BCUT2D eigenvalue weighted by Crippen LogP contribution is 2.45. The fourth-order valence-corrected chi connectivity index (χ4v) is 15.1. The molecule has 0 heterocycles. The maximum absolute atomic E-state index is 13.2. The summed E-state index contributed by atoms with van der Waals surface area (Å²) in [6.07, 6.45) is 70.7. The molecular formula is C87H170O17P2. The van der Waals surface area contributed by atoms with Gasteiger partial charge >= 0.3 is 39.5 Å². The minimum Gasteiger partial charge on any atom is -0.462 e. The Kier molecular flexibility index (Phi) is 76.9. The van der Waals surface area contributed by atoms with Crippen LogP contribution < -0.4 is 0 Å². The molecule has 0 saturated carbocycles. The van der Waals surface area contributed by atoms with Gasteiger partial charge in [-0.05, 0) is 37.5 Å². The topological polar surface area (TPSA) is 237 Å². The third-order valence-corrected chi connectivity index (χ3v) is 22.7. The van der Waals surface area contributed by atoms with Gasteiger partial charge in [-0.3, -0.25) is 37.3 Å². The summed E-state index contributed by atoms with van der Waals surface area (Å²) in [6, 6.07) is 0. The molecule has 0 aliphatic heterocycles. The van der Waals surface area contributed by atoms with Crippen molar-refractivity contribution in [2.45, 2.75) is 484 Å². The average molecular weight is 1550 g/mol. The van der Waals surface area contributed by atoms with Crippen molar-refractivity contribution in [1.82, 2.24) is 0 Å². The lowest BCUT2D eigenvalue weighted by atomic mass is 9.99. The molecule has 17 nitrogen and oxygen atoms in total. The zero-order chi connectivity index (χ0) is 77.8. The Balaban J connectivity index is 5.24. The van der Waals surface area contributed by atoms with Crippen molar-refractivity contribution >= 4 is 39.5 Å². The van der Waals surface area contributed by atoms with Crippen LogP contribution in [0.5, 0.6) is 0 Å². The van der Waals surface area contributed by atoms with Gasteiger partial charge in [-0.25, -0.2) is 9.13 Å². The minimum atomic E-state index is -4.97. The molecule has 3 N–H and O–H groups in total. The number of unbranched alkanes of at least 4 members (excludes halogenated alkanes) is 55. The molecule has 0 spiro atoms. The number of ether oxygens (including phenoxy) is 4. The van der Waals surface area contributed by atoms with Crippen molar-refractivity contribution in [1.29, 1.82) is 0 Å². The summed E-state index contributed by atoms with van der Waals surface area (Å²) in [7, 11) is -9.93. The number of hydrogen-bond acceptors (Lipinski definition) is 15. The van der Waals surface area contributed by atoms with Gasteiger partial charge in [-0.15, -0.1) is 0 Å². The fraction of sp³-hybridized carbons (Fsp3) is 0.954. The number of esters is 4. The van der Waals surface area contributed by atoms with E-state index in [-0.39, 0.29) is 25.7 Å². The largest absolute Gasteiger partial charge is 0.472 e. The molecule has 0 rings (SSSR count). The minimum absolute atomic E-state index is 0.107. The lowest BCUT2D eigenvalue weighted by molar-refractivity contribution is -0.161. The SMILES string of the molecule is CCCCCCCCCCCCCCCCCCCCCC(=O)OC[C@H](COP(=O)(O)OC[C@@H](O)COP(=O)(O)OC[C@@H](COC(=O)CCCCCCCCCCCCCC)OC(=O)CCCCCCCCCCCCC(C)CC)OC(=O)CCCCCCCCCCCCCCCCCCCCC(C)C. The highest BCUT2D eigenvalue weighted by molar-refractivity contribution is 7.47. The number of hydrogen-bond donors (Lipinski definition) is 3. The number of phosphoric acid groups is 2. The Labute approximate surface area is 651 Å². The van der Waals surface area contributed by atoms with E-state index in [0.717, 1.165) is 102 Å². The molecule has 630 valence electrons. The molecule has 0 aromatic heterocycles. The summed E-state index contributed by atoms with van der Waals surface area (Å²) in [5, 5.41) is 10.7. The van der Waals surface area contributed by atoms with E-state index in [1.54, 1.807) is 0 Å². The first-order chi connectivity index (χ1) is 51.4. The van der Waals surface area contributed by atoms with E-state index in [4.69, 9.17) is 37.0 Å². The molecule has 0 fully saturated rings. The molecule has 6 atom stereocenters. The average Bonchev–Trinajstić information content (AvgIpc) is 0.901. The maximum atomic E-state index is 13.2. The van der Waals surface area contributed by atoms with Crippen LogP contribution in [0.4, 0.5) is 0 Å². The Bertz CT molecular complexity index is 2030. The lowest BCUT2D eigenvalue weighted by Gasteiger charge is -2.21. The highest BCUT2D eigenvalue weighted by atomic mass is 31.2. The number of carbonyl (C=O) groups is 4. The molecule has 19 heteroatoms. The van der Waals surface area contributed by atoms with Crippen LogP contribution in [-0.2, 0) is 65.4 Å². The van der Waals surface area contributed by atoms with Crippen molar-refractivity contribution in [2.24, 2.45) is 11.8 Å². The molecule has 0 aromatic rings. The van der Waals surface area contributed by atoms with Crippen molar-refractivity contribution in [3.63, 3.8) is 0 Å². The van der Waals surface area contributed by atoms with Crippen LogP contribution in [0.2, 0.25) is 0 Å². The normalized spacial score (nSPS) is 14.1. The van der Waals surface area contributed by atoms with E-state index in [2.05, 4.69) is 41.5 Å². The van der Waals surface area contributed by atoms with E-state index < -0.39 is 97.5 Å². The number of phosphoric ester groups is 2. The Morgan fingerprint density at radius 1 is 0.274 bits per heavy atom. The van der Waals surface area contributed by atoms with Crippen LogP contribution in [0.1, 0.15) is 465 Å². The van der Waals surface area contributed by atoms with Crippen LogP contribution in [0, 0.1) is 11.8 Å². The van der Waals surface area contributed by atoms with Gasteiger partial charge in [0.25, 0.3) is 0 Å². The first-order valence-electron chi connectivity index (χ1n) is 45.0. The van der Waals surface area contributed by atoms with Crippen LogP contribution in [0.3, 0.4) is 0 Å². The molecule has 0 saturated heterocycles. The molecule has 3 unspecified atom stereocenters. The second-order valence-corrected chi connectivity index (χ2v) is 34.9. The Morgan fingerprint density at radius 3 is 0.717 bits per heavy atom. The Morgan fingerprint density at radius 2 is 0.481 bits per heavy atom. The fourth-order valence-electron chi connectivity index (χ4n) is 13.6. The number of rotatable bonds is 86. The number of aliphatic hydroxyl groups is 1. The molecular weight excluding hydrogens is 1380 g/mol. The predicted octanol–water partition coefficient (Wildman–Crippen LogP) is 26.6. The van der Waals surface area contributed by atoms with Crippen LogP contribution in [-0.4, -0.2) is 96.7 Å². The lowest BCUT2D eigenvalue weighted by Crippen LogP contribution is -2.30. The standard InChI is InChI=1S/C87H170O17P2/c1-7-10-12-14-16-18-20-22-23-24-25-29-32-35-39-46-52-58-64-70-85(90)98-75-82(103-86(91)71-65-59-53-47-40-36-33-30-27-26-28-31-34-37-43-49-55-61-67-79(4)5)77-101-105(93,94)99-73-81(88)74-100-106(95,96)102-78-83(76-97-84(89)69-63-57-51-45-38-21-19-17-15-13-11-8-2)104-87(92)72-66-60-54-48-42-41-44-50-56-62-68-80(6)9-3/h79-83,88H,7-78H2,1-6H3,(H,93,94)(H,95,96)/t80?,81-,82-,83-/m1/s1. The maximum Gasteiger partial charge on any atom is 0.472 e. The second kappa shape index (κ2) is 78.3. The number of aliphatic hydroxyl groups excluding tert-OH is 1. The molecule has 0 aliphatic carbocycles. The van der Waals surface area contributed by atoms with Gasteiger partial charge in [0.2, 0.25) is 0 Å². The molecule has 0 aromatic carbocycles. The van der Waals surface area contributed by atoms with Crippen molar-refractivity contribution < 1.29 is 80.2 Å². The number of carbonyl (C=O) groups excluding carboxylic acids is 4. The predicted molar refractivity (Wildman–Crippen MR) is 437 cm³/mol. The van der Waals surface area contributed by atoms with Gasteiger partial charge in [-0.1, -0.05) is 414 Å². The zero-order valence-electron chi connectivity index (χ0n) is 69.7. The van der Waals surface area contributed by atoms with Gasteiger partial charge in [0, 0.05) is 25.7 Å². The van der Waals surface area contributed by atoms with Gasteiger partial charge in [-0.2, -0.15) is 0 Å². The summed E-state index contributed by atoms with van der Waals surface area (Å²) in [6.45, 7) is 9.74. The van der Waals surface area contributed by atoms with E-state index in [1.807, 2.05) is 0 Å². The van der Waals surface area contributed by atoms with Gasteiger partial charge < -0.3 is 33.8 Å². The smallest absolute Gasteiger partial charge is 0.462 e. The summed E-state index contributed by atoms with van der Waals surface area (Å²) in [5.41, 5.74) is 0. The second-order valence-electron chi connectivity index (χ2n) is 32.0. The first kappa shape index (κ1) is 104. The van der Waals surface area contributed by atoms with Crippen LogP contribution in [0.15, 0.2) is 0 Å². The third-order valence-electron chi connectivity index (χ3n) is 20.8. The first-order valence-corrected chi connectivity index (χ1v) is 48.0. The summed E-state index contributed by atoms with van der Waals surface area (Å²) >= 11 is 0. The van der Waals surface area contributed by atoms with E-state index >= 15 is 0 Å². The van der Waals surface area contributed by atoms with Gasteiger partial charge in [0.05, 0.1) is 26.4 Å². The van der Waals surface area contributed by atoms with Gasteiger partial charge in [0.1, 0.15) is 19.3 Å².